The van der Waals surface area contributed by atoms with Gasteiger partial charge in [0.05, 0.1) is 7.11 Å². The number of hydrogen-bond acceptors (Lipinski definition) is 4. The summed E-state index contributed by atoms with van der Waals surface area (Å²) < 4.78 is 6.11. The summed E-state index contributed by atoms with van der Waals surface area (Å²) in [5, 5.41) is 4.07. The van der Waals surface area contributed by atoms with Crippen molar-refractivity contribution in [2.24, 2.45) is 0 Å². The van der Waals surface area contributed by atoms with Crippen LogP contribution in [0.25, 0.3) is 5.82 Å². The number of pyridine rings is 1. The third-order valence-electron chi connectivity index (χ3n) is 2.12. The van der Waals surface area contributed by atoms with Crippen molar-refractivity contribution in [3.05, 3.63) is 36.3 Å². The minimum atomic E-state index is -0.452. The van der Waals surface area contributed by atoms with Gasteiger partial charge in [-0.1, -0.05) is 5.46 Å². The molecule has 0 amide bonds. The Bertz CT molecular complexity index is 524. The second kappa shape index (κ2) is 4.18. The highest BCUT2D eigenvalue weighted by Crippen LogP contribution is 2.03. The Morgan fingerprint density at radius 1 is 1.50 bits per heavy atom. The summed E-state index contributed by atoms with van der Waals surface area (Å²) in [6.07, 6.45) is 3.37. The molecule has 2 aromatic rings. The lowest BCUT2D eigenvalue weighted by atomic mass is 9.98. The molecule has 5 nitrogen and oxygen atoms in total. The first-order chi connectivity index (χ1) is 7.70. The van der Waals surface area contributed by atoms with Gasteiger partial charge in [-0.2, -0.15) is 5.10 Å². The third-order valence-corrected chi connectivity index (χ3v) is 2.12. The summed E-state index contributed by atoms with van der Waals surface area (Å²) in [6, 6.07) is 5.37. The van der Waals surface area contributed by atoms with Crippen molar-refractivity contribution >= 4 is 19.3 Å². The first-order valence-electron chi connectivity index (χ1n) is 4.78. The van der Waals surface area contributed by atoms with Crippen LogP contribution in [0.15, 0.2) is 30.6 Å². The largest absolute Gasteiger partial charge is 0.464 e. The van der Waals surface area contributed by atoms with Gasteiger partial charge in [-0.25, -0.2) is 14.5 Å². The highest BCUT2D eigenvalue weighted by Gasteiger charge is 2.10. The molecule has 0 spiro atoms. The second-order valence-corrected chi connectivity index (χ2v) is 3.33. The van der Waals surface area contributed by atoms with Gasteiger partial charge in [-0.15, -0.1) is 0 Å². The SMILES string of the molecule is Bc1ccnc(-n2ccc(C(=O)OC)n2)c1. The van der Waals surface area contributed by atoms with E-state index < -0.39 is 5.97 Å². The molecule has 0 unspecified atom stereocenters. The first kappa shape index (κ1) is 10.4. The highest BCUT2D eigenvalue weighted by molar-refractivity contribution is 6.32. The fourth-order valence-electron chi connectivity index (χ4n) is 1.31. The average Bonchev–Trinajstić information content (AvgIpc) is 2.77. The fraction of sp³-hybridized carbons (Fsp3) is 0.100. The normalized spacial score (nSPS) is 10.1. The van der Waals surface area contributed by atoms with Crippen molar-refractivity contribution < 1.29 is 9.53 Å². The van der Waals surface area contributed by atoms with Crippen LogP contribution in [0.4, 0.5) is 0 Å². The van der Waals surface area contributed by atoms with Crippen molar-refractivity contribution in [3.8, 4) is 5.82 Å². The summed E-state index contributed by atoms with van der Waals surface area (Å²) in [4.78, 5) is 15.4. The Kier molecular flexibility index (Phi) is 2.72. The number of esters is 1. The van der Waals surface area contributed by atoms with Crippen molar-refractivity contribution in [1.82, 2.24) is 14.8 Å². The quantitative estimate of drug-likeness (QED) is 0.491. The Labute approximate surface area is 93.5 Å². The number of carbonyl (C=O) groups is 1. The lowest BCUT2D eigenvalue weighted by Crippen LogP contribution is -2.08. The predicted octanol–water partition coefficient (Wildman–Crippen LogP) is -0.688. The Hall–Kier alpha value is -2.11. The van der Waals surface area contributed by atoms with Gasteiger partial charge >= 0.3 is 5.97 Å². The Balaban J connectivity index is 2.35. The second-order valence-electron chi connectivity index (χ2n) is 3.33. The molecule has 0 aromatic carbocycles. The molecule has 0 N–H and O–H groups in total. The van der Waals surface area contributed by atoms with Crippen molar-refractivity contribution in [1.29, 1.82) is 0 Å². The minimum absolute atomic E-state index is 0.269. The lowest BCUT2D eigenvalue weighted by molar-refractivity contribution is 0.0593. The van der Waals surface area contributed by atoms with Gasteiger partial charge in [0.15, 0.2) is 11.5 Å². The van der Waals surface area contributed by atoms with Crippen LogP contribution in [-0.2, 0) is 4.74 Å². The van der Waals surface area contributed by atoms with E-state index in [-0.39, 0.29) is 5.69 Å². The molecule has 2 aromatic heterocycles. The molecule has 0 aliphatic heterocycles. The molecule has 0 atom stereocenters. The third kappa shape index (κ3) is 1.95. The maximum Gasteiger partial charge on any atom is 0.358 e. The fourth-order valence-corrected chi connectivity index (χ4v) is 1.31. The van der Waals surface area contributed by atoms with Crippen LogP contribution in [0.5, 0.6) is 0 Å². The summed E-state index contributed by atoms with van der Waals surface area (Å²) in [5.41, 5.74) is 1.35. The van der Waals surface area contributed by atoms with Crippen LogP contribution in [0.3, 0.4) is 0 Å². The molecule has 2 rings (SSSR count). The van der Waals surface area contributed by atoms with E-state index in [1.54, 1.807) is 23.1 Å². The molecule has 16 heavy (non-hydrogen) atoms. The molecule has 0 saturated heterocycles. The lowest BCUT2D eigenvalue weighted by Gasteiger charge is -2.00. The molecule has 0 aliphatic carbocycles. The maximum atomic E-state index is 11.2. The molecule has 0 aliphatic rings. The molecule has 0 radical (unpaired) electrons. The zero-order valence-corrected chi connectivity index (χ0v) is 9.04. The van der Waals surface area contributed by atoms with E-state index in [1.165, 1.54) is 7.11 Å². The van der Waals surface area contributed by atoms with Gasteiger partial charge in [-0.05, 0) is 18.2 Å². The molecule has 0 fully saturated rings. The minimum Gasteiger partial charge on any atom is -0.464 e. The van der Waals surface area contributed by atoms with Crippen LogP contribution in [-0.4, -0.2) is 35.7 Å². The topological polar surface area (TPSA) is 57.0 Å². The summed E-state index contributed by atoms with van der Waals surface area (Å²) in [7, 11) is 3.29. The molecule has 2 heterocycles. The maximum absolute atomic E-state index is 11.2. The molecule has 0 bridgehead atoms. The van der Waals surface area contributed by atoms with Gasteiger partial charge in [0, 0.05) is 12.4 Å². The van der Waals surface area contributed by atoms with Crippen LogP contribution >= 0.6 is 0 Å². The molecule has 80 valence electrons. The van der Waals surface area contributed by atoms with E-state index >= 15 is 0 Å². The number of carbonyl (C=O) groups excluding carboxylic acids is 1. The molecule has 0 saturated carbocycles. The van der Waals surface area contributed by atoms with E-state index in [9.17, 15) is 4.79 Å². The number of rotatable bonds is 2. The van der Waals surface area contributed by atoms with Crippen LogP contribution in [0.1, 0.15) is 10.5 Å². The Morgan fingerprint density at radius 2 is 2.31 bits per heavy atom. The predicted molar refractivity (Wildman–Crippen MR) is 60.9 cm³/mol. The number of nitrogens with zero attached hydrogens (tertiary/aromatic N) is 3. The van der Waals surface area contributed by atoms with Gasteiger partial charge in [-0.3, -0.25) is 0 Å². The van der Waals surface area contributed by atoms with E-state index in [4.69, 9.17) is 0 Å². The van der Waals surface area contributed by atoms with Crippen LogP contribution in [0.2, 0.25) is 0 Å². The average molecular weight is 215 g/mol. The van der Waals surface area contributed by atoms with Crippen molar-refractivity contribution in [2.75, 3.05) is 7.11 Å². The summed E-state index contributed by atoms with van der Waals surface area (Å²) in [6.45, 7) is 0. The molecular formula is C10H10BN3O2. The van der Waals surface area contributed by atoms with Crippen molar-refractivity contribution in [2.45, 2.75) is 0 Å². The highest BCUT2D eigenvalue weighted by atomic mass is 16.5. The van der Waals surface area contributed by atoms with Crippen molar-refractivity contribution in [3.63, 3.8) is 0 Å². The van der Waals surface area contributed by atoms with E-state index in [0.29, 0.717) is 5.82 Å². The van der Waals surface area contributed by atoms with E-state index in [0.717, 1.165) is 5.46 Å². The van der Waals surface area contributed by atoms with Gasteiger partial charge < -0.3 is 4.74 Å². The monoisotopic (exact) mass is 215 g/mol. The standard InChI is InChI=1S/C10H10BN3O2/c1-16-10(15)8-3-5-14(13-8)9-6-7(11)2-4-12-9/h2-6H,11H2,1H3. The van der Waals surface area contributed by atoms with Gasteiger partial charge in [0.25, 0.3) is 0 Å². The van der Waals surface area contributed by atoms with Gasteiger partial charge in [0.1, 0.15) is 7.85 Å². The zero-order valence-electron chi connectivity index (χ0n) is 9.04. The summed E-state index contributed by atoms with van der Waals surface area (Å²) in [5.74, 6) is 0.224. The molecular weight excluding hydrogens is 205 g/mol. The van der Waals surface area contributed by atoms with Gasteiger partial charge in [0.2, 0.25) is 0 Å². The number of hydrogen-bond donors (Lipinski definition) is 0. The zero-order chi connectivity index (χ0) is 11.5. The smallest absolute Gasteiger partial charge is 0.358 e. The summed E-state index contributed by atoms with van der Waals surface area (Å²) >= 11 is 0. The van der Waals surface area contributed by atoms with Crippen LogP contribution < -0.4 is 5.46 Å². The molecule has 6 heteroatoms. The van der Waals surface area contributed by atoms with Crippen LogP contribution in [0, 0.1) is 0 Å². The van der Waals surface area contributed by atoms with E-state index in [1.807, 2.05) is 20.0 Å². The van der Waals surface area contributed by atoms with E-state index in [2.05, 4.69) is 14.8 Å². The Morgan fingerprint density at radius 3 is 3.00 bits per heavy atom. The number of ether oxygens (including phenoxy) is 1. The first-order valence-corrected chi connectivity index (χ1v) is 4.78. The number of methoxy groups -OCH3 is 1. The number of aromatic nitrogens is 3.